The summed E-state index contributed by atoms with van der Waals surface area (Å²) >= 11 is 0. The summed E-state index contributed by atoms with van der Waals surface area (Å²) in [5.74, 6) is 0. The standard InChI is InChI=1S/C8H14N2O3/c1-8(2)5-10(7(11)12)4-6(8)9-13-3/h4-5H2,1-3H3,(H,11,12)/b9-6-. The minimum atomic E-state index is -0.908. The van der Waals surface area contributed by atoms with Crippen molar-refractivity contribution < 1.29 is 14.7 Å². The third kappa shape index (κ3) is 1.91. The largest absolute Gasteiger partial charge is 0.465 e. The van der Waals surface area contributed by atoms with Crippen molar-refractivity contribution in [3.05, 3.63) is 0 Å². The third-order valence-electron chi connectivity index (χ3n) is 2.18. The molecule has 0 aromatic carbocycles. The number of nitrogens with zero attached hydrogens (tertiary/aromatic N) is 2. The summed E-state index contributed by atoms with van der Waals surface area (Å²) in [5, 5.41) is 12.6. The van der Waals surface area contributed by atoms with E-state index in [0.29, 0.717) is 13.1 Å². The van der Waals surface area contributed by atoms with Crippen LogP contribution in [0.25, 0.3) is 0 Å². The lowest BCUT2D eigenvalue weighted by Gasteiger charge is -2.16. The molecule has 5 nitrogen and oxygen atoms in total. The molecule has 1 rings (SSSR count). The molecule has 0 unspecified atom stereocenters. The van der Waals surface area contributed by atoms with Crippen molar-refractivity contribution in [3.63, 3.8) is 0 Å². The summed E-state index contributed by atoms with van der Waals surface area (Å²) in [6.07, 6.45) is -0.908. The smallest absolute Gasteiger partial charge is 0.407 e. The Bertz CT molecular complexity index is 248. The number of likely N-dealkylation sites (tertiary alicyclic amines) is 1. The zero-order valence-electron chi connectivity index (χ0n) is 8.07. The van der Waals surface area contributed by atoms with E-state index in [1.807, 2.05) is 13.8 Å². The van der Waals surface area contributed by atoms with Crippen LogP contribution in [-0.2, 0) is 4.84 Å². The zero-order chi connectivity index (χ0) is 10.1. The van der Waals surface area contributed by atoms with Crippen molar-refractivity contribution in [3.8, 4) is 0 Å². The van der Waals surface area contributed by atoms with Gasteiger partial charge in [0.1, 0.15) is 7.11 Å². The predicted molar refractivity (Wildman–Crippen MR) is 47.8 cm³/mol. The maximum Gasteiger partial charge on any atom is 0.407 e. The fourth-order valence-electron chi connectivity index (χ4n) is 1.42. The third-order valence-corrected chi connectivity index (χ3v) is 2.18. The number of rotatable bonds is 1. The van der Waals surface area contributed by atoms with Crippen LogP contribution in [0.4, 0.5) is 4.79 Å². The first-order valence-corrected chi connectivity index (χ1v) is 4.06. The van der Waals surface area contributed by atoms with Crippen LogP contribution in [0.2, 0.25) is 0 Å². The van der Waals surface area contributed by atoms with Gasteiger partial charge in [-0.25, -0.2) is 4.79 Å². The Morgan fingerprint density at radius 3 is 2.69 bits per heavy atom. The highest BCUT2D eigenvalue weighted by molar-refractivity contribution is 5.95. The van der Waals surface area contributed by atoms with Gasteiger partial charge in [-0.2, -0.15) is 0 Å². The van der Waals surface area contributed by atoms with Crippen LogP contribution in [0.15, 0.2) is 5.16 Å². The Kier molecular flexibility index (Phi) is 2.45. The zero-order valence-corrected chi connectivity index (χ0v) is 8.07. The Balaban J connectivity index is 2.80. The second-order valence-corrected chi connectivity index (χ2v) is 3.74. The van der Waals surface area contributed by atoms with Gasteiger partial charge in [0.15, 0.2) is 0 Å². The van der Waals surface area contributed by atoms with Crippen LogP contribution in [0.1, 0.15) is 13.8 Å². The number of carbonyl (C=O) groups is 1. The lowest BCUT2D eigenvalue weighted by Crippen LogP contribution is -2.28. The van der Waals surface area contributed by atoms with Gasteiger partial charge in [0.05, 0.1) is 12.3 Å². The molecule has 1 fully saturated rings. The Morgan fingerprint density at radius 2 is 2.31 bits per heavy atom. The molecule has 1 N–H and O–H groups in total. The van der Waals surface area contributed by atoms with Crippen LogP contribution in [-0.4, -0.2) is 42.0 Å². The minimum Gasteiger partial charge on any atom is -0.465 e. The summed E-state index contributed by atoms with van der Waals surface area (Å²) in [6.45, 7) is 4.72. The van der Waals surface area contributed by atoms with Crippen LogP contribution in [0.5, 0.6) is 0 Å². The molecule has 74 valence electrons. The minimum absolute atomic E-state index is 0.214. The lowest BCUT2D eigenvalue weighted by molar-refractivity contribution is 0.151. The molecule has 1 aliphatic heterocycles. The molecule has 1 saturated heterocycles. The fourth-order valence-corrected chi connectivity index (χ4v) is 1.42. The Labute approximate surface area is 77.0 Å². The molecule has 13 heavy (non-hydrogen) atoms. The van der Waals surface area contributed by atoms with E-state index in [4.69, 9.17) is 5.11 Å². The van der Waals surface area contributed by atoms with Crippen molar-refractivity contribution in [2.45, 2.75) is 13.8 Å². The van der Waals surface area contributed by atoms with E-state index in [2.05, 4.69) is 9.99 Å². The van der Waals surface area contributed by atoms with Crippen LogP contribution >= 0.6 is 0 Å². The summed E-state index contributed by atoms with van der Waals surface area (Å²) < 4.78 is 0. The molecule has 0 aliphatic carbocycles. The molecule has 1 heterocycles. The first-order chi connectivity index (χ1) is 5.97. The number of carboxylic acid groups (broad SMARTS) is 1. The van der Waals surface area contributed by atoms with Gasteiger partial charge in [-0.05, 0) is 0 Å². The van der Waals surface area contributed by atoms with E-state index in [1.54, 1.807) is 0 Å². The Hall–Kier alpha value is -1.26. The van der Waals surface area contributed by atoms with E-state index < -0.39 is 6.09 Å². The van der Waals surface area contributed by atoms with E-state index in [9.17, 15) is 4.79 Å². The number of hydrogen-bond donors (Lipinski definition) is 1. The van der Waals surface area contributed by atoms with Gasteiger partial charge < -0.3 is 14.8 Å². The highest BCUT2D eigenvalue weighted by Gasteiger charge is 2.38. The summed E-state index contributed by atoms with van der Waals surface area (Å²) in [4.78, 5) is 16.7. The number of amides is 1. The summed E-state index contributed by atoms with van der Waals surface area (Å²) in [7, 11) is 1.46. The van der Waals surface area contributed by atoms with Crippen molar-refractivity contribution in [1.29, 1.82) is 0 Å². The van der Waals surface area contributed by atoms with Gasteiger partial charge in [0.2, 0.25) is 0 Å². The van der Waals surface area contributed by atoms with E-state index in [-0.39, 0.29) is 5.41 Å². The highest BCUT2D eigenvalue weighted by Crippen LogP contribution is 2.26. The van der Waals surface area contributed by atoms with Crippen molar-refractivity contribution >= 4 is 11.8 Å². The van der Waals surface area contributed by atoms with Crippen molar-refractivity contribution in [1.82, 2.24) is 4.90 Å². The van der Waals surface area contributed by atoms with E-state index >= 15 is 0 Å². The van der Waals surface area contributed by atoms with Crippen LogP contribution in [0.3, 0.4) is 0 Å². The number of hydrogen-bond acceptors (Lipinski definition) is 3. The molecule has 5 heteroatoms. The molecule has 0 bridgehead atoms. The molecular weight excluding hydrogens is 172 g/mol. The van der Waals surface area contributed by atoms with Gasteiger partial charge in [-0.15, -0.1) is 0 Å². The molecular formula is C8H14N2O3. The second-order valence-electron chi connectivity index (χ2n) is 3.74. The van der Waals surface area contributed by atoms with E-state index in [0.717, 1.165) is 5.71 Å². The van der Waals surface area contributed by atoms with E-state index in [1.165, 1.54) is 12.0 Å². The van der Waals surface area contributed by atoms with Gasteiger partial charge in [0.25, 0.3) is 0 Å². The molecule has 0 aromatic rings. The predicted octanol–water partition coefficient (Wildman–Crippen LogP) is 1.01. The van der Waals surface area contributed by atoms with Gasteiger partial charge in [0, 0.05) is 12.0 Å². The maximum absolute atomic E-state index is 10.7. The molecule has 0 spiro atoms. The molecule has 1 aliphatic rings. The topological polar surface area (TPSA) is 62.1 Å². The molecule has 1 amide bonds. The van der Waals surface area contributed by atoms with Crippen molar-refractivity contribution in [2.75, 3.05) is 20.2 Å². The first kappa shape index (κ1) is 9.83. The quantitative estimate of drug-likeness (QED) is 0.621. The monoisotopic (exact) mass is 186 g/mol. The van der Waals surface area contributed by atoms with Gasteiger partial charge in [-0.3, -0.25) is 0 Å². The van der Waals surface area contributed by atoms with Crippen LogP contribution < -0.4 is 0 Å². The van der Waals surface area contributed by atoms with Crippen LogP contribution in [0, 0.1) is 5.41 Å². The molecule has 0 radical (unpaired) electrons. The van der Waals surface area contributed by atoms with Gasteiger partial charge in [-0.1, -0.05) is 19.0 Å². The average molecular weight is 186 g/mol. The first-order valence-electron chi connectivity index (χ1n) is 4.06. The van der Waals surface area contributed by atoms with Gasteiger partial charge >= 0.3 is 6.09 Å². The molecule has 0 saturated carbocycles. The Morgan fingerprint density at radius 1 is 1.69 bits per heavy atom. The lowest BCUT2D eigenvalue weighted by atomic mass is 9.91. The SMILES string of the molecule is CO/N=C1/CN(C(=O)O)CC1(C)C. The number of oxime groups is 1. The molecule has 0 aromatic heterocycles. The summed E-state index contributed by atoms with van der Waals surface area (Å²) in [6, 6.07) is 0. The fraction of sp³-hybridized carbons (Fsp3) is 0.750. The van der Waals surface area contributed by atoms with Crippen molar-refractivity contribution in [2.24, 2.45) is 10.6 Å². The maximum atomic E-state index is 10.7. The average Bonchev–Trinajstić information content (AvgIpc) is 2.28. The summed E-state index contributed by atoms with van der Waals surface area (Å²) in [5.41, 5.74) is 0.561. The second kappa shape index (κ2) is 3.24. The normalized spacial score (nSPS) is 23.6. The molecule has 0 atom stereocenters. The highest BCUT2D eigenvalue weighted by atomic mass is 16.6.